The van der Waals surface area contributed by atoms with Crippen molar-refractivity contribution in [3.63, 3.8) is 0 Å². The van der Waals surface area contributed by atoms with Crippen LogP contribution in [0.25, 0.3) is 11.1 Å². The number of amides is 2. The quantitative estimate of drug-likeness (QED) is 0.243. The lowest BCUT2D eigenvalue weighted by atomic mass is 10.0. The Kier molecular flexibility index (Phi) is 10.8. The summed E-state index contributed by atoms with van der Waals surface area (Å²) in [5.41, 5.74) is 3.98. The van der Waals surface area contributed by atoms with Crippen LogP contribution in [0.5, 0.6) is 11.5 Å². The van der Waals surface area contributed by atoms with E-state index in [-0.39, 0.29) is 18.1 Å². The van der Waals surface area contributed by atoms with Gasteiger partial charge in [-0.1, -0.05) is 18.2 Å². The number of nitrogens with one attached hydrogen (secondary N) is 2. The Morgan fingerprint density at radius 2 is 1.95 bits per heavy atom. The van der Waals surface area contributed by atoms with Gasteiger partial charge in [-0.2, -0.15) is 11.3 Å². The van der Waals surface area contributed by atoms with E-state index in [2.05, 4.69) is 33.6 Å². The molecule has 1 fully saturated rings. The van der Waals surface area contributed by atoms with Crippen LogP contribution in [0, 0.1) is 0 Å². The molecule has 10 heteroatoms. The summed E-state index contributed by atoms with van der Waals surface area (Å²) in [6, 6.07) is 13.1. The average molecular weight is 582 g/mol. The average Bonchev–Trinajstić information content (AvgIpc) is 3.65. The summed E-state index contributed by atoms with van der Waals surface area (Å²) in [5.74, 6) is 0.419. The van der Waals surface area contributed by atoms with Crippen LogP contribution in [-0.4, -0.2) is 69.6 Å². The van der Waals surface area contributed by atoms with E-state index in [4.69, 9.17) is 14.2 Å². The molecule has 41 heavy (non-hydrogen) atoms. The number of nitrogens with zero attached hydrogens (tertiary/aromatic N) is 1. The highest BCUT2D eigenvalue weighted by atomic mass is 32.1. The minimum atomic E-state index is -0.525. The highest BCUT2D eigenvalue weighted by Crippen LogP contribution is 2.33. The Hall–Kier alpha value is -3.89. The zero-order valence-electron chi connectivity index (χ0n) is 23.4. The number of rotatable bonds is 13. The summed E-state index contributed by atoms with van der Waals surface area (Å²) >= 11 is 1.64. The fraction of sp³-hybridized carbons (Fsp3) is 0.355. The minimum Gasteiger partial charge on any atom is -0.493 e. The lowest BCUT2D eigenvalue weighted by Crippen LogP contribution is -2.40. The largest absolute Gasteiger partial charge is 0.493 e. The fourth-order valence-electron chi connectivity index (χ4n) is 5.01. The number of alkyl halides is 1. The third kappa shape index (κ3) is 7.86. The van der Waals surface area contributed by atoms with Crippen molar-refractivity contribution in [2.24, 2.45) is 0 Å². The van der Waals surface area contributed by atoms with Crippen LogP contribution in [0.3, 0.4) is 0 Å². The molecular weight excluding hydrogens is 545 g/mol. The number of anilines is 1. The van der Waals surface area contributed by atoms with E-state index >= 15 is 0 Å². The van der Waals surface area contributed by atoms with Crippen molar-refractivity contribution in [3.8, 4) is 22.6 Å². The molecule has 1 aliphatic heterocycles. The molecule has 0 saturated carbocycles. The van der Waals surface area contributed by atoms with Crippen LogP contribution in [0.2, 0.25) is 0 Å². The highest BCUT2D eigenvalue weighted by molar-refractivity contribution is 7.08. The molecule has 0 radical (unpaired) electrons. The smallest absolute Gasteiger partial charge is 0.411 e. The Morgan fingerprint density at radius 1 is 1.15 bits per heavy atom. The summed E-state index contributed by atoms with van der Waals surface area (Å²) in [6.07, 6.45) is 2.30. The maximum absolute atomic E-state index is 13.2. The summed E-state index contributed by atoms with van der Waals surface area (Å²) in [6.45, 7) is 4.83. The van der Waals surface area contributed by atoms with Crippen LogP contribution in [0.15, 0.2) is 65.9 Å². The maximum atomic E-state index is 13.2. The van der Waals surface area contributed by atoms with E-state index in [1.54, 1.807) is 29.5 Å². The molecule has 2 heterocycles. The summed E-state index contributed by atoms with van der Waals surface area (Å²) < 4.78 is 29.4. The van der Waals surface area contributed by atoms with Gasteiger partial charge in [-0.3, -0.25) is 19.4 Å². The van der Waals surface area contributed by atoms with Crippen molar-refractivity contribution in [2.75, 3.05) is 45.8 Å². The third-order valence-electron chi connectivity index (χ3n) is 6.99. The first kappa shape index (κ1) is 30.1. The maximum Gasteiger partial charge on any atom is 0.411 e. The van der Waals surface area contributed by atoms with Gasteiger partial charge < -0.3 is 19.5 Å². The zero-order valence-corrected chi connectivity index (χ0v) is 24.2. The SMILES string of the molecule is C=CCN1C[C@H](OC(=O)Nc2ccc(-c3ccsc3)cc2)C[C@@H]1CNC(=O)c1cc(CCCF)cc(OC)c1OC. The second-order valence-corrected chi connectivity index (χ2v) is 10.5. The number of benzene rings is 2. The van der Waals surface area contributed by atoms with E-state index in [0.29, 0.717) is 61.6 Å². The predicted molar refractivity (Wildman–Crippen MR) is 160 cm³/mol. The van der Waals surface area contributed by atoms with Crippen LogP contribution in [0.1, 0.15) is 28.8 Å². The van der Waals surface area contributed by atoms with Crippen LogP contribution in [-0.2, 0) is 11.2 Å². The van der Waals surface area contributed by atoms with Gasteiger partial charge >= 0.3 is 6.09 Å². The number of aryl methyl sites for hydroxylation is 1. The Morgan fingerprint density at radius 3 is 2.61 bits per heavy atom. The third-order valence-corrected chi connectivity index (χ3v) is 7.68. The van der Waals surface area contributed by atoms with Gasteiger partial charge in [-0.15, -0.1) is 6.58 Å². The van der Waals surface area contributed by atoms with Crippen LogP contribution in [0.4, 0.5) is 14.9 Å². The Labute approximate surface area is 244 Å². The summed E-state index contributed by atoms with van der Waals surface area (Å²) in [5, 5.41) is 9.89. The molecule has 3 aromatic rings. The van der Waals surface area contributed by atoms with Gasteiger partial charge in [-0.25, -0.2) is 4.79 Å². The number of methoxy groups -OCH3 is 2. The first-order chi connectivity index (χ1) is 19.9. The van der Waals surface area contributed by atoms with Gasteiger partial charge in [0.2, 0.25) is 0 Å². The topological polar surface area (TPSA) is 89.1 Å². The number of halogens is 1. The highest BCUT2D eigenvalue weighted by Gasteiger charge is 2.34. The second kappa shape index (κ2) is 14.7. The number of hydrogen-bond acceptors (Lipinski definition) is 7. The Balaban J connectivity index is 1.35. The minimum absolute atomic E-state index is 0.0674. The first-order valence-corrected chi connectivity index (χ1v) is 14.4. The molecule has 2 aromatic carbocycles. The standard InChI is InChI=1S/C31H36FN3O5S/c1-4-13-35-19-26(40-31(37)34-24-9-7-22(8-10-24)23-11-14-41-20-23)17-25(35)18-33-30(36)27-15-21(6-5-12-32)16-28(38-2)29(27)39-3/h4,7-11,14-16,20,25-26H,1,5-6,12-13,17-19H2,2-3H3,(H,33,36)(H,34,37)/t25-,26-/m1/s1. The number of carbonyl (C=O) groups excluding carboxylic acids is 2. The number of thiophene rings is 1. The lowest BCUT2D eigenvalue weighted by molar-refractivity contribution is 0.0937. The molecule has 1 saturated heterocycles. The number of likely N-dealkylation sites (tertiary alicyclic amines) is 1. The number of carbonyl (C=O) groups is 2. The van der Waals surface area contributed by atoms with Crippen LogP contribution < -0.4 is 20.1 Å². The van der Waals surface area contributed by atoms with Gasteiger partial charge in [0.15, 0.2) is 11.5 Å². The second-order valence-electron chi connectivity index (χ2n) is 9.76. The molecule has 0 unspecified atom stereocenters. The van der Waals surface area contributed by atoms with E-state index < -0.39 is 12.8 Å². The van der Waals surface area contributed by atoms with Crippen LogP contribution >= 0.6 is 11.3 Å². The number of hydrogen-bond donors (Lipinski definition) is 2. The van der Waals surface area contributed by atoms with Crippen molar-refractivity contribution in [2.45, 2.75) is 31.4 Å². The summed E-state index contributed by atoms with van der Waals surface area (Å²) in [7, 11) is 2.98. The molecule has 0 spiro atoms. The molecule has 0 bridgehead atoms. The molecule has 1 aromatic heterocycles. The van der Waals surface area contributed by atoms with Crippen molar-refractivity contribution in [1.82, 2.24) is 10.2 Å². The van der Waals surface area contributed by atoms with Gasteiger partial charge in [0, 0.05) is 37.8 Å². The Bertz CT molecular complexity index is 1320. The molecule has 1 aliphatic rings. The van der Waals surface area contributed by atoms with Crippen molar-refractivity contribution in [3.05, 3.63) is 77.0 Å². The molecule has 0 aliphatic carbocycles. The van der Waals surface area contributed by atoms with E-state index in [9.17, 15) is 14.0 Å². The van der Waals surface area contributed by atoms with Crippen molar-refractivity contribution < 1.29 is 28.2 Å². The predicted octanol–water partition coefficient (Wildman–Crippen LogP) is 5.94. The molecule has 2 amide bonds. The molecule has 4 rings (SSSR count). The fourth-order valence-corrected chi connectivity index (χ4v) is 5.67. The first-order valence-electron chi connectivity index (χ1n) is 13.5. The molecule has 8 nitrogen and oxygen atoms in total. The van der Waals surface area contributed by atoms with Gasteiger partial charge in [0.25, 0.3) is 5.91 Å². The molecule has 218 valence electrons. The van der Waals surface area contributed by atoms with Gasteiger partial charge in [0.1, 0.15) is 6.10 Å². The van der Waals surface area contributed by atoms with Gasteiger partial charge in [0.05, 0.1) is 26.5 Å². The van der Waals surface area contributed by atoms with E-state index in [1.807, 2.05) is 29.6 Å². The van der Waals surface area contributed by atoms with Crippen molar-refractivity contribution in [1.29, 1.82) is 0 Å². The molecular formula is C31H36FN3O5S. The van der Waals surface area contributed by atoms with E-state index in [0.717, 1.165) is 16.7 Å². The normalized spacial score (nSPS) is 16.7. The lowest BCUT2D eigenvalue weighted by Gasteiger charge is -2.23. The number of ether oxygens (including phenoxy) is 3. The monoisotopic (exact) mass is 581 g/mol. The van der Waals surface area contributed by atoms with E-state index in [1.165, 1.54) is 14.2 Å². The van der Waals surface area contributed by atoms with Crippen molar-refractivity contribution >= 4 is 29.0 Å². The summed E-state index contributed by atoms with van der Waals surface area (Å²) in [4.78, 5) is 28.0. The zero-order chi connectivity index (χ0) is 29.2. The molecule has 2 N–H and O–H groups in total. The molecule has 2 atom stereocenters. The van der Waals surface area contributed by atoms with Gasteiger partial charge in [-0.05, 0) is 70.6 Å².